The second-order valence-electron chi connectivity index (χ2n) is 5.54. The molecule has 1 aliphatic rings. The van der Waals surface area contributed by atoms with Crippen molar-refractivity contribution in [1.82, 2.24) is 0 Å². The molecule has 0 radical (unpaired) electrons. The third-order valence-electron chi connectivity index (χ3n) is 3.97. The monoisotopic (exact) mass is 314 g/mol. The van der Waals surface area contributed by atoms with Crippen LogP contribution in [0.4, 0.5) is 4.39 Å². The first-order chi connectivity index (χ1) is 8.56. The van der Waals surface area contributed by atoms with Gasteiger partial charge >= 0.3 is 0 Å². The van der Waals surface area contributed by atoms with E-state index in [1.807, 2.05) is 6.07 Å². The van der Waals surface area contributed by atoms with Crippen LogP contribution in [-0.2, 0) is 6.42 Å². The molecule has 0 saturated heterocycles. The fourth-order valence-corrected chi connectivity index (χ4v) is 3.24. The molecule has 1 nitrogen and oxygen atoms in total. The molecule has 1 N–H and O–H groups in total. The van der Waals surface area contributed by atoms with Crippen molar-refractivity contribution in [1.29, 1.82) is 0 Å². The Morgan fingerprint density at radius 3 is 2.89 bits per heavy atom. The molecule has 0 aliphatic heterocycles. The predicted octanol–water partition coefficient (Wildman–Crippen LogP) is 4.32. The number of benzene rings is 1. The molecule has 3 unspecified atom stereocenters. The van der Waals surface area contributed by atoms with Crippen LogP contribution in [0.1, 0.15) is 38.2 Å². The zero-order chi connectivity index (χ0) is 13.1. The van der Waals surface area contributed by atoms with Crippen LogP contribution >= 0.6 is 15.9 Å². The summed E-state index contributed by atoms with van der Waals surface area (Å²) in [5, 5.41) is 10.3. The van der Waals surface area contributed by atoms with Gasteiger partial charge < -0.3 is 5.11 Å². The lowest BCUT2D eigenvalue weighted by Crippen LogP contribution is -2.27. The van der Waals surface area contributed by atoms with Gasteiger partial charge in [-0.1, -0.05) is 41.8 Å². The van der Waals surface area contributed by atoms with Crippen LogP contribution in [0.5, 0.6) is 0 Å². The third-order valence-corrected chi connectivity index (χ3v) is 4.46. The van der Waals surface area contributed by atoms with Gasteiger partial charge in [-0.2, -0.15) is 0 Å². The topological polar surface area (TPSA) is 20.2 Å². The first-order valence-electron chi connectivity index (χ1n) is 6.68. The van der Waals surface area contributed by atoms with Crippen LogP contribution in [-0.4, -0.2) is 11.2 Å². The van der Waals surface area contributed by atoms with Gasteiger partial charge in [0.1, 0.15) is 5.82 Å². The maximum atomic E-state index is 13.7. The molecule has 3 atom stereocenters. The van der Waals surface area contributed by atoms with Gasteiger partial charge in [-0.05, 0) is 42.4 Å². The molecule has 0 heterocycles. The Labute approximate surface area is 117 Å². The molecule has 0 bridgehead atoms. The van der Waals surface area contributed by atoms with Gasteiger partial charge in [-0.25, -0.2) is 4.39 Å². The van der Waals surface area contributed by atoms with Crippen molar-refractivity contribution in [3.05, 3.63) is 34.1 Å². The average Bonchev–Trinajstić information content (AvgIpc) is 2.32. The lowest BCUT2D eigenvalue weighted by atomic mass is 9.78. The molecule has 2 rings (SSSR count). The molecular weight excluding hydrogens is 295 g/mol. The minimum absolute atomic E-state index is 0.229. The van der Waals surface area contributed by atoms with Gasteiger partial charge in [-0.15, -0.1) is 0 Å². The molecule has 1 saturated carbocycles. The summed E-state index contributed by atoms with van der Waals surface area (Å²) >= 11 is 3.24. The van der Waals surface area contributed by atoms with E-state index in [9.17, 15) is 9.50 Å². The second-order valence-corrected chi connectivity index (χ2v) is 6.45. The van der Waals surface area contributed by atoms with Crippen LogP contribution in [0.15, 0.2) is 22.7 Å². The van der Waals surface area contributed by atoms with Gasteiger partial charge in [0.15, 0.2) is 0 Å². The number of halogens is 2. The highest BCUT2D eigenvalue weighted by Crippen LogP contribution is 2.32. The maximum Gasteiger partial charge on any atom is 0.127 e. The Balaban J connectivity index is 1.99. The van der Waals surface area contributed by atoms with E-state index in [0.717, 1.165) is 17.3 Å². The summed E-state index contributed by atoms with van der Waals surface area (Å²) in [7, 11) is 0. The number of rotatable bonds is 3. The molecule has 1 aliphatic carbocycles. The van der Waals surface area contributed by atoms with E-state index in [-0.39, 0.29) is 5.82 Å². The summed E-state index contributed by atoms with van der Waals surface area (Å²) in [6.07, 6.45) is 4.60. The zero-order valence-corrected chi connectivity index (χ0v) is 12.3. The number of aliphatic hydroxyl groups excluding tert-OH is 1. The average molecular weight is 315 g/mol. The first-order valence-corrected chi connectivity index (χ1v) is 7.47. The normalized spacial score (nSPS) is 26.0. The van der Waals surface area contributed by atoms with E-state index in [0.29, 0.717) is 23.8 Å². The summed E-state index contributed by atoms with van der Waals surface area (Å²) < 4.78 is 14.5. The molecule has 100 valence electrons. The molecule has 0 aromatic heterocycles. The van der Waals surface area contributed by atoms with E-state index in [1.165, 1.54) is 18.9 Å². The molecule has 1 aromatic carbocycles. The smallest absolute Gasteiger partial charge is 0.127 e. The lowest BCUT2D eigenvalue weighted by molar-refractivity contribution is 0.0713. The molecular formula is C15H20BrFO. The van der Waals surface area contributed by atoms with Crippen LogP contribution < -0.4 is 0 Å². The molecule has 0 spiro atoms. The maximum absolute atomic E-state index is 13.7. The van der Waals surface area contributed by atoms with Crippen molar-refractivity contribution >= 4 is 15.9 Å². The fourth-order valence-electron chi connectivity index (χ4n) is 2.91. The Morgan fingerprint density at radius 2 is 2.22 bits per heavy atom. The van der Waals surface area contributed by atoms with Crippen molar-refractivity contribution in [3.63, 3.8) is 0 Å². The van der Waals surface area contributed by atoms with E-state index in [4.69, 9.17) is 0 Å². The molecule has 0 amide bonds. The van der Waals surface area contributed by atoms with E-state index >= 15 is 0 Å². The Kier molecular flexibility index (Phi) is 4.79. The molecule has 3 heteroatoms. The summed E-state index contributed by atoms with van der Waals surface area (Å²) in [4.78, 5) is 0. The molecule has 18 heavy (non-hydrogen) atoms. The molecule has 1 aromatic rings. The van der Waals surface area contributed by atoms with Crippen molar-refractivity contribution in [2.24, 2.45) is 11.8 Å². The van der Waals surface area contributed by atoms with E-state index in [1.54, 1.807) is 6.07 Å². The standard InChI is InChI=1S/C15H20BrFO/c1-10-3-2-4-12(7-10)15(18)8-11-5-6-13(16)9-14(11)17/h5-6,9-10,12,15,18H,2-4,7-8H2,1H3. The minimum atomic E-state index is -0.413. The van der Waals surface area contributed by atoms with Crippen molar-refractivity contribution < 1.29 is 9.50 Å². The Bertz CT molecular complexity index is 407. The van der Waals surface area contributed by atoms with Crippen LogP contribution in [0.2, 0.25) is 0 Å². The van der Waals surface area contributed by atoms with Gasteiger partial charge in [-0.3, -0.25) is 0 Å². The first kappa shape index (κ1) is 14.0. The van der Waals surface area contributed by atoms with E-state index in [2.05, 4.69) is 22.9 Å². The molecule has 1 fully saturated rings. The Morgan fingerprint density at radius 1 is 1.44 bits per heavy atom. The lowest BCUT2D eigenvalue weighted by Gasteiger charge is -2.30. The second kappa shape index (κ2) is 6.16. The van der Waals surface area contributed by atoms with Gasteiger partial charge in [0.05, 0.1) is 6.10 Å². The Hall–Kier alpha value is -0.410. The third kappa shape index (κ3) is 3.55. The highest BCUT2D eigenvalue weighted by Gasteiger charge is 2.25. The van der Waals surface area contributed by atoms with Crippen LogP contribution in [0.25, 0.3) is 0 Å². The number of hydrogen-bond acceptors (Lipinski definition) is 1. The van der Waals surface area contributed by atoms with Crippen molar-refractivity contribution in [3.8, 4) is 0 Å². The summed E-state index contributed by atoms with van der Waals surface area (Å²) in [5.41, 5.74) is 0.615. The highest BCUT2D eigenvalue weighted by molar-refractivity contribution is 9.10. The number of aliphatic hydroxyl groups is 1. The summed E-state index contributed by atoms with van der Waals surface area (Å²) in [6.45, 7) is 2.24. The zero-order valence-electron chi connectivity index (χ0n) is 10.7. The SMILES string of the molecule is CC1CCCC(C(O)Cc2ccc(Br)cc2F)C1. The highest BCUT2D eigenvalue weighted by atomic mass is 79.9. The quantitative estimate of drug-likeness (QED) is 0.881. The predicted molar refractivity (Wildman–Crippen MR) is 74.9 cm³/mol. The van der Waals surface area contributed by atoms with Gasteiger partial charge in [0, 0.05) is 10.9 Å². The van der Waals surface area contributed by atoms with Crippen LogP contribution in [0.3, 0.4) is 0 Å². The van der Waals surface area contributed by atoms with E-state index < -0.39 is 6.10 Å². The van der Waals surface area contributed by atoms with Gasteiger partial charge in [0.25, 0.3) is 0 Å². The number of hydrogen-bond donors (Lipinski definition) is 1. The van der Waals surface area contributed by atoms with Crippen molar-refractivity contribution in [2.45, 2.75) is 45.1 Å². The largest absolute Gasteiger partial charge is 0.392 e. The van der Waals surface area contributed by atoms with Gasteiger partial charge in [0.2, 0.25) is 0 Å². The van der Waals surface area contributed by atoms with Crippen molar-refractivity contribution in [2.75, 3.05) is 0 Å². The summed E-state index contributed by atoms with van der Waals surface area (Å²) in [5.74, 6) is 0.789. The van der Waals surface area contributed by atoms with Crippen LogP contribution in [0, 0.1) is 17.7 Å². The minimum Gasteiger partial charge on any atom is -0.392 e. The summed E-state index contributed by atoms with van der Waals surface area (Å²) in [6, 6.07) is 5.05. The fraction of sp³-hybridized carbons (Fsp3) is 0.600.